The number of hydrogen-bond acceptors (Lipinski definition) is 3. The highest BCUT2D eigenvalue weighted by Gasteiger charge is 2.49. The van der Waals surface area contributed by atoms with Crippen molar-refractivity contribution in [3.63, 3.8) is 0 Å². The zero-order valence-corrected chi connectivity index (χ0v) is 17.3. The SMILES string of the molecule is FC1C(OCC2CCC(C3CCCCC3)CC2)CC2CCC(S)OC2C1F. The average molecular weight is 403 g/mol. The second-order valence-electron chi connectivity index (χ2n) is 9.57. The van der Waals surface area contributed by atoms with Crippen LogP contribution in [0.25, 0.3) is 0 Å². The fraction of sp³-hybridized carbons (Fsp3) is 1.00. The molecular formula is C22H36F2O2S. The first kappa shape index (κ1) is 20.4. The first-order valence-electron chi connectivity index (χ1n) is 11.3. The molecule has 0 N–H and O–H groups in total. The van der Waals surface area contributed by atoms with E-state index in [9.17, 15) is 8.78 Å². The van der Waals surface area contributed by atoms with Crippen LogP contribution in [0.2, 0.25) is 0 Å². The van der Waals surface area contributed by atoms with Crippen molar-refractivity contribution in [1.82, 2.24) is 0 Å². The van der Waals surface area contributed by atoms with Gasteiger partial charge in [-0.2, -0.15) is 0 Å². The van der Waals surface area contributed by atoms with E-state index in [0.717, 1.165) is 24.7 Å². The molecule has 0 radical (unpaired) electrons. The Morgan fingerprint density at radius 3 is 2.19 bits per heavy atom. The second-order valence-corrected chi connectivity index (χ2v) is 10.1. The fourth-order valence-electron chi connectivity index (χ4n) is 6.13. The highest BCUT2D eigenvalue weighted by molar-refractivity contribution is 7.80. The molecule has 0 bridgehead atoms. The Balaban J connectivity index is 1.22. The summed E-state index contributed by atoms with van der Waals surface area (Å²) in [4.78, 5) is 0. The third kappa shape index (κ3) is 4.83. The Hall–Kier alpha value is 0.130. The van der Waals surface area contributed by atoms with E-state index in [1.54, 1.807) is 0 Å². The van der Waals surface area contributed by atoms with E-state index in [1.165, 1.54) is 57.8 Å². The summed E-state index contributed by atoms with van der Waals surface area (Å²) in [5, 5.41) is 0. The highest BCUT2D eigenvalue weighted by Crippen LogP contribution is 2.42. The molecule has 4 rings (SSSR count). The first-order chi connectivity index (χ1) is 13.1. The summed E-state index contributed by atoms with van der Waals surface area (Å²) < 4.78 is 40.7. The molecule has 6 unspecified atom stereocenters. The lowest BCUT2D eigenvalue weighted by Crippen LogP contribution is -2.54. The maximum Gasteiger partial charge on any atom is 0.160 e. The van der Waals surface area contributed by atoms with Gasteiger partial charge in [-0.1, -0.05) is 32.1 Å². The van der Waals surface area contributed by atoms with Crippen molar-refractivity contribution in [2.45, 2.75) is 107 Å². The van der Waals surface area contributed by atoms with Crippen molar-refractivity contribution in [2.75, 3.05) is 6.61 Å². The van der Waals surface area contributed by atoms with Gasteiger partial charge in [0.1, 0.15) is 5.44 Å². The van der Waals surface area contributed by atoms with Crippen LogP contribution in [0, 0.1) is 23.7 Å². The summed E-state index contributed by atoms with van der Waals surface area (Å²) in [6, 6.07) is 0. The summed E-state index contributed by atoms with van der Waals surface area (Å²) in [6.07, 6.45) is 9.97. The summed E-state index contributed by atoms with van der Waals surface area (Å²) in [5.41, 5.74) is -0.256. The molecule has 27 heavy (non-hydrogen) atoms. The summed E-state index contributed by atoms with van der Waals surface area (Å²) in [6.45, 7) is 0.600. The number of hydrogen-bond donors (Lipinski definition) is 1. The van der Waals surface area contributed by atoms with Gasteiger partial charge in [0.2, 0.25) is 0 Å². The molecule has 1 saturated heterocycles. The van der Waals surface area contributed by atoms with Crippen LogP contribution in [0.15, 0.2) is 0 Å². The Morgan fingerprint density at radius 1 is 0.778 bits per heavy atom. The van der Waals surface area contributed by atoms with E-state index >= 15 is 0 Å². The maximum atomic E-state index is 14.6. The topological polar surface area (TPSA) is 18.5 Å². The predicted octanol–water partition coefficient (Wildman–Crippen LogP) is 5.89. The Kier molecular flexibility index (Phi) is 7.03. The number of halogens is 2. The average Bonchev–Trinajstić information content (AvgIpc) is 2.71. The van der Waals surface area contributed by atoms with E-state index in [0.29, 0.717) is 18.9 Å². The molecule has 5 heteroatoms. The van der Waals surface area contributed by atoms with Gasteiger partial charge in [-0.15, -0.1) is 12.6 Å². The molecule has 0 aromatic heterocycles. The van der Waals surface area contributed by atoms with Crippen LogP contribution in [-0.2, 0) is 9.47 Å². The van der Waals surface area contributed by atoms with Gasteiger partial charge in [-0.25, -0.2) is 8.78 Å². The summed E-state index contributed by atoms with van der Waals surface area (Å²) in [5.74, 6) is 2.44. The van der Waals surface area contributed by atoms with Crippen molar-refractivity contribution >= 4 is 12.6 Å². The molecule has 0 aromatic carbocycles. The Bertz CT molecular complexity index is 463. The molecular weight excluding hydrogens is 366 g/mol. The third-order valence-electron chi connectivity index (χ3n) is 7.83. The monoisotopic (exact) mass is 402 g/mol. The number of alkyl halides is 2. The van der Waals surface area contributed by atoms with Gasteiger partial charge in [-0.3, -0.25) is 0 Å². The molecule has 4 aliphatic rings. The van der Waals surface area contributed by atoms with E-state index in [4.69, 9.17) is 9.47 Å². The van der Waals surface area contributed by atoms with Crippen LogP contribution < -0.4 is 0 Å². The van der Waals surface area contributed by atoms with E-state index in [-0.39, 0.29) is 11.4 Å². The van der Waals surface area contributed by atoms with Gasteiger partial charge in [0.05, 0.1) is 12.2 Å². The standard InChI is InChI=1S/C22H36F2O2S/c23-20-18(12-17-10-11-19(27)26-22(17)21(20)24)25-13-14-6-8-16(9-7-14)15-4-2-1-3-5-15/h14-22,27H,1-13H2. The first-order valence-corrected chi connectivity index (χ1v) is 11.9. The van der Waals surface area contributed by atoms with Crippen molar-refractivity contribution in [2.24, 2.45) is 23.7 Å². The quantitative estimate of drug-likeness (QED) is 0.591. The Labute approximate surface area is 168 Å². The lowest BCUT2D eigenvalue weighted by atomic mass is 9.71. The molecule has 0 amide bonds. The predicted molar refractivity (Wildman–Crippen MR) is 107 cm³/mol. The van der Waals surface area contributed by atoms with Crippen LogP contribution in [0.1, 0.15) is 77.0 Å². The lowest BCUT2D eigenvalue weighted by molar-refractivity contribution is -0.169. The van der Waals surface area contributed by atoms with Crippen LogP contribution in [-0.4, -0.2) is 36.6 Å². The number of fused-ring (bicyclic) bond motifs is 1. The second kappa shape index (κ2) is 9.30. The van der Waals surface area contributed by atoms with Gasteiger partial charge in [0, 0.05) is 6.61 Å². The van der Waals surface area contributed by atoms with Crippen LogP contribution in [0.4, 0.5) is 8.78 Å². The van der Waals surface area contributed by atoms with Crippen molar-refractivity contribution in [3.05, 3.63) is 0 Å². The smallest absolute Gasteiger partial charge is 0.160 e. The van der Waals surface area contributed by atoms with Gasteiger partial charge < -0.3 is 9.47 Å². The molecule has 3 aliphatic carbocycles. The van der Waals surface area contributed by atoms with E-state index < -0.39 is 24.6 Å². The lowest BCUT2D eigenvalue weighted by Gasteiger charge is -2.44. The van der Waals surface area contributed by atoms with Crippen LogP contribution in [0.5, 0.6) is 0 Å². The van der Waals surface area contributed by atoms with Crippen molar-refractivity contribution < 1.29 is 18.3 Å². The minimum atomic E-state index is -1.58. The van der Waals surface area contributed by atoms with Crippen LogP contribution >= 0.6 is 12.6 Å². The van der Waals surface area contributed by atoms with Gasteiger partial charge in [0.25, 0.3) is 0 Å². The minimum Gasteiger partial charge on any atom is -0.375 e. The third-order valence-corrected chi connectivity index (χ3v) is 8.21. The molecule has 4 fully saturated rings. The Morgan fingerprint density at radius 2 is 1.44 bits per heavy atom. The minimum absolute atomic E-state index is 0.0717. The zero-order chi connectivity index (χ0) is 18.8. The van der Waals surface area contributed by atoms with Crippen LogP contribution in [0.3, 0.4) is 0 Å². The van der Waals surface area contributed by atoms with Gasteiger partial charge in [-0.05, 0) is 68.6 Å². The van der Waals surface area contributed by atoms with Gasteiger partial charge >= 0.3 is 0 Å². The highest BCUT2D eigenvalue weighted by atomic mass is 32.1. The zero-order valence-electron chi connectivity index (χ0n) is 16.4. The van der Waals surface area contributed by atoms with Gasteiger partial charge in [0.15, 0.2) is 12.3 Å². The molecule has 2 nitrogen and oxygen atoms in total. The van der Waals surface area contributed by atoms with E-state index in [2.05, 4.69) is 12.6 Å². The fourth-order valence-corrected chi connectivity index (χ4v) is 6.42. The molecule has 6 atom stereocenters. The van der Waals surface area contributed by atoms with Crippen molar-refractivity contribution in [3.8, 4) is 0 Å². The van der Waals surface area contributed by atoms with Crippen molar-refractivity contribution in [1.29, 1.82) is 0 Å². The van der Waals surface area contributed by atoms with E-state index in [1.807, 2.05) is 0 Å². The molecule has 1 aliphatic heterocycles. The normalized spacial score (nSPS) is 46.8. The maximum absolute atomic E-state index is 14.6. The number of thiol groups is 1. The molecule has 3 saturated carbocycles. The molecule has 1 heterocycles. The molecule has 0 aromatic rings. The summed E-state index contributed by atoms with van der Waals surface area (Å²) in [7, 11) is 0. The number of rotatable bonds is 4. The number of ether oxygens (including phenoxy) is 2. The molecule has 156 valence electrons. The largest absolute Gasteiger partial charge is 0.375 e. The molecule has 0 spiro atoms. The summed E-state index contributed by atoms with van der Waals surface area (Å²) >= 11 is 4.28.